The first-order valence-electron chi connectivity index (χ1n) is 6.69. The van der Waals surface area contributed by atoms with Gasteiger partial charge in [0.15, 0.2) is 0 Å². The van der Waals surface area contributed by atoms with E-state index in [9.17, 15) is 0 Å². The molecule has 0 bridgehead atoms. The van der Waals surface area contributed by atoms with Crippen LogP contribution < -0.4 is 0 Å². The molecule has 3 heterocycles. The Kier molecular flexibility index (Phi) is 20.1. The summed E-state index contributed by atoms with van der Waals surface area (Å²) in [6.07, 6.45) is 7.67. The van der Waals surface area contributed by atoms with E-state index in [-0.39, 0.29) is 0 Å². The normalized spacial score (nSPS) is 20.8. The predicted molar refractivity (Wildman–Crippen MR) is 77.7 cm³/mol. The molecule has 0 radical (unpaired) electrons. The van der Waals surface area contributed by atoms with E-state index in [0.717, 1.165) is 39.6 Å². The first-order chi connectivity index (χ1) is 9.23. The Balaban J connectivity index is 0.000000229. The number of halogens is 3. The first kappa shape index (κ1) is 21.1. The molecule has 0 saturated carbocycles. The van der Waals surface area contributed by atoms with E-state index in [1.807, 2.05) is 0 Å². The molecule has 0 spiro atoms. The van der Waals surface area contributed by atoms with Crippen LogP contribution in [0, 0.1) is 29.6 Å². The van der Waals surface area contributed by atoms with Gasteiger partial charge in [0.2, 0.25) is 0 Å². The minimum absolute atomic E-state index is 1.00. The molecule has 3 aliphatic heterocycles. The first-order valence-corrected chi connectivity index (χ1v) is 16.5. The Labute approximate surface area is 138 Å². The van der Waals surface area contributed by atoms with Crippen LogP contribution in [0.3, 0.4) is 0 Å². The van der Waals surface area contributed by atoms with E-state index in [0.29, 0.717) is 0 Å². The van der Waals surface area contributed by atoms with Crippen molar-refractivity contribution in [1.82, 2.24) is 0 Å². The molecule has 3 saturated heterocycles. The predicted octanol–water partition coefficient (Wildman–Crippen LogP) is 4.46. The Morgan fingerprint density at radius 2 is 0.632 bits per heavy atom. The van der Waals surface area contributed by atoms with Crippen molar-refractivity contribution < 1.29 is 43.8 Å². The zero-order valence-electron chi connectivity index (χ0n) is 11.3. The van der Waals surface area contributed by atoms with Crippen molar-refractivity contribution in [3.8, 4) is 0 Å². The number of hydrogen-bond donors (Lipinski definition) is 0. The van der Waals surface area contributed by atoms with Crippen LogP contribution in [0.25, 0.3) is 0 Å². The topological polar surface area (TPSA) is 27.7 Å². The van der Waals surface area contributed by atoms with E-state index in [2.05, 4.69) is 0 Å². The summed E-state index contributed by atoms with van der Waals surface area (Å²) >= 11 is -2.11. The van der Waals surface area contributed by atoms with Crippen molar-refractivity contribution >= 4 is 17.7 Å². The molecule has 0 aromatic rings. The molecule has 0 aromatic heterocycles. The maximum atomic E-state index is 5.00. The molecule has 3 nitrogen and oxygen atoms in total. The van der Waals surface area contributed by atoms with Gasteiger partial charge in [-0.25, -0.2) is 0 Å². The van der Waals surface area contributed by atoms with Crippen molar-refractivity contribution in [2.24, 2.45) is 0 Å². The summed E-state index contributed by atoms with van der Waals surface area (Å²) in [5.41, 5.74) is 0. The molecule has 7 heteroatoms. The van der Waals surface area contributed by atoms with Gasteiger partial charge >= 0.3 is 47.2 Å². The quantitative estimate of drug-likeness (QED) is 0.521. The van der Waals surface area contributed by atoms with Crippen molar-refractivity contribution in [2.75, 3.05) is 39.6 Å². The Morgan fingerprint density at radius 3 is 0.684 bits per heavy atom. The average Bonchev–Trinajstić information content (AvgIpc) is 3.18. The zero-order valence-corrected chi connectivity index (χ0v) is 16.1. The van der Waals surface area contributed by atoms with Gasteiger partial charge < -0.3 is 14.2 Å². The standard InChI is InChI=1S/3C4H8O.3ClH.Sm/c3*1-2-4-5-3-1;;;;/h3*1-4H2;3*1H;/q;;;;;;+3/p-3. The molecule has 0 atom stereocenters. The van der Waals surface area contributed by atoms with Gasteiger partial charge in [-0.2, -0.15) is 0 Å². The van der Waals surface area contributed by atoms with E-state index >= 15 is 0 Å². The molecular weight excluding hydrogens is 449 g/mol. The van der Waals surface area contributed by atoms with Gasteiger partial charge in [0.05, 0.1) is 0 Å². The van der Waals surface area contributed by atoms with Gasteiger partial charge in [-0.05, 0) is 38.5 Å². The van der Waals surface area contributed by atoms with Crippen LogP contribution >= 0.6 is 17.7 Å². The second kappa shape index (κ2) is 18.1. The molecular formula is C12H24Cl3O3Sm. The van der Waals surface area contributed by atoms with Crippen LogP contribution in [-0.4, -0.2) is 39.6 Å². The molecule has 3 aliphatic rings. The van der Waals surface area contributed by atoms with Crippen LogP contribution in [0.1, 0.15) is 38.5 Å². The Morgan fingerprint density at radius 1 is 0.474 bits per heavy atom. The van der Waals surface area contributed by atoms with E-state index < -0.39 is 29.6 Å². The van der Waals surface area contributed by atoms with Crippen LogP contribution in [0.15, 0.2) is 0 Å². The summed E-state index contributed by atoms with van der Waals surface area (Å²) < 4.78 is 14.8. The van der Waals surface area contributed by atoms with Gasteiger partial charge in [0.1, 0.15) is 0 Å². The van der Waals surface area contributed by atoms with E-state index in [4.69, 9.17) is 31.9 Å². The van der Waals surface area contributed by atoms with Gasteiger partial charge in [-0.15, -0.1) is 0 Å². The second-order valence-electron chi connectivity index (χ2n) is 4.13. The van der Waals surface area contributed by atoms with Gasteiger partial charge in [0.25, 0.3) is 0 Å². The summed E-state index contributed by atoms with van der Waals surface area (Å²) in [4.78, 5) is 0. The molecule has 0 amide bonds. The molecule has 3 rings (SSSR count). The third-order valence-electron chi connectivity index (χ3n) is 2.48. The fraction of sp³-hybridized carbons (Fsp3) is 1.00. The molecule has 19 heavy (non-hydrogen) atoms. The molecule has 0 N–H and O–H groups in total. The summed E-state index contributed by atoms with van der Waals surface area (Å²) in [5, 5.41) is 0. The van der Waals surface area contributed by atoms with Crippen molar-refractivity contribution in [3.63, 3.8) is 0 Å². The number of rotatable bonds is 0. The molecule has 0 unspecified atom stereocenters. The second-order valence-corrected chi connectivity index (χ2v) is 15.6. The molecule has 117 valence electrons. The van der Waals surface area contributed by atoms with Crippen LogP contribution in [0.5, 0.6) is 0 Å². The minimum atomic E-state index is -2.11. The third-order valence-corrected chi connectivity index (χ3v) is 2.48. The SMILES string of the molecule is C1CCOC1.C1CCOC1.C1CCOC1.[Cl][Sm]([Cl])[Cl]. The van der Waals surface area contributed by atoms with Gasteiger partial charge in [-0.1, -0.05) is 0 Å². The summed E-state index contributed by atoms with van der Waals surface area (Å²) in [5.74, 6) is 15.0. The Hall–Kier alpha value is 2.09. The monoisotopic (exact) mass is 473 g/mol. The van der Waals surface area contributed by atoms with Crippen molar-refractivity contribution in [2.45, 2.75) is 38.5 Å². The number of ether oxygens (including phenoxy) is 3. The molecule has 0 aliphatic carbocycles. The molecule has 3 fully saturated rings. The molecule has 0 aromatic carbocycles. The number of hydrogen-bond acceptors (Lipinski definition) is 3. The fourth-order valence-electron chi connectivity index (χ4n) is 1.53. The summed E-state index contributed by atoms with van der Waals surface area (Å²) in [6.45, 7) is 6.00. The summed E-state index contributed by atoms with van der Waals surface area (Å²) in [7, 11) is 0. The van der Waals surface area contributed by atoms with Gasteiger partial charge in [-0.3, -0.25) is 0 Å². The maximum absolute atomic E-state index is 5.00. The fourth-order valence-corrected chi connectivity index (χ4v) is 1.53. The van der Waals surface area contributed by atoms with Gasteiger partial charge in [0, 0.05) is 39.6 Å². The Bertz CT molecular complexity index is 115. The average molecular weight is 473 g/mol. The van der Waals surface area contributed by atoms with Crippen LogP contribution in [0.4, 0.5) is 0 Å². The third kappa shape index (κ3) is 22.5. The summed E-state index contributed by atoms with van der Waals surface area (Å²) in [6, 6.07) is 0. The van der Waals surface area contributed by atoms with E-state index in [1.54, 1.807) is 0 Å². The zero-order chi connectivity index (χ0) is 14.2. The van der Waals surface area contributed by atoms with Crippen LogP contribution in [0.2, 0.25) is 0 Å². The van der Waals surface area contributed by atoms with E-state index in [1.165, 1.54) is 38.5 Å². The van der Waals surface area contributed by atoms with Crippen LogP contribution in [-0.2, 0) is 14.2 Å². The van der Waals surface area contributed by atoms with Crippen molar-refractivity contribution in [1.29, 1.82) is 0 Å². The van der Waals surface area contributed by atoms with Crippen molar-refractivity contribution in [3.05, 3.63) is 0 Å².